The van der Waals surface area contributed by atoms with Crippen LogP contribution in [0.15, 0.2) is 35.2 Å². The molecule has 0 saturated heterocycles. The van der Waals surface area contributed by atoms with E-state index in [1.807, 2.05) is 0 Å². The molecule has 0 heterocycles. The maximum absolute atomic E-state index is 11.9. The van der Waals surface area contributed by atoms with Gasteiger partial charge in [-0.1, -0.05) is 18.2 Å². The average Bonchev–Trinajstić information content (AvgIpc) is 2.42. The van der Waals surface area contributed by atoms with E-state index in [1.165, 1.54) is 12.1 Å². The molecule has 0 aromatic heterocycles. The molecule has 120 valence electrons. The molecular weight excluding hydrogens is 308 g/mol. The topological polar surface area (TPSA) is 113 Å². The summed E-state index contributed by atoms with van der Waals surface area (Å²) >= 11 is 0. The zero-order valence-electron chi connectivity index (χ0n) is 11.9. The van der Waals surface area contributed by atoms with Gasteiger partial charge in [-0.15, -0.1) is 0 Å². The van der Waals surface area contributed by atoms with Crippen molar-refractivity contribution in [1.82, 2.24) is 10.0 Å². The lowest BCUT2D eigenvalue weighted by molar-refractivity contribution is -0.146. The molecule has 0 atom stereocenters. The third kappa shape index (κ3) is 4.28. The van der Waals surface area contributed by atoms with Crippen LogP contribution in [-0.4, -0.2) is 38.0 Å². The number of hydrogen-bond acceptors (Lipinski definition) is 4. The van der Waals surface area contributed by atoms with Crippen molar-refractivity contribution in [2.24, 2.45) is 5.92 Å². The van der Waals surface area contributed by atoms with E-state index in [1.54, 1.807) is 18.2 Å². The van der Waals surface area contributed by atoms with Gasteiger partial charge in [-0.05, 0) is 25.0 Å². The number of carbonyl (C=O) groups is 2. The Labute approximate surface area is 128 Å². The first-order valence-corrected chi connectivity index (χ1v) is 8.43. The van der Waals surface area contributed by atoms with Gasteiger partial charge < -0.3 is 10.4 Å². The lowest BCUT2D eigenvalue weighted by Crippen LogP contribution is -2.47. The van der Waals surface area contributed by atoms with E-state index in [9.17, 15) is 18.0 Å². The van der Waals surface area contributed by atoms with Crippen molar-refractivity contribution in [2.75, 3.05) is 6.54 Å². The van der Waals surface area contributed by atoms with Crippen LogP contribution in [0.2, 0.25) is 0 Å². The van der Waals surface area contributed by atoms with Crippen LogP contribution in [0.5, 0.6) is 0 Å². The predicted octanol–water partition coefficient (Wildman–Crippen LogP) is 0.334. The fourth-order valence-corrected chi connectivity index (χ4v) is 3.27. The number of sulfonamides is 1. The van der Waals surface area contributed by atoms with E-state index < -0.39 is 16.0 Å². The molecule has 1 saturated carbocycles. The van der Waals surface area contributed by atoms with Crippen LogP contribution >= 0.6 is 0 Å². The third-order valence-electron chi connectivity index (χ3n) is 3.55. The van der Waals surface area contributed by atoms with Gasteiger partial charge in [-0.3, -0.25) is 9.59 Å². The van der Waals surface area contributed by atoms with Crippen molar-refractivity contribution in [3.05, 3.63) is 30.3 Å². The number of rotatable bonds is 7. The molecular formula is C14H18N2O5S. The van der Waals surface area contributed by atoms with Crippen molar-refractivity contribution in [3.8, 4) is 0 Å². The SMILES string of the molecule is O=C(CCNS(=O)(=O)c1ccccc1)NC1CC(C(=O)O)C1. The minimum Gasteiger partial charge on any atom is -0.481 e. The van der Waals surface area contributed by atoms with Crippen LogP contribution in [0.25, 0.3) is 0 Å². The maximum atomic E-state index is 11.9. The quantitative estimate of drug-likeness (QED) is 0.668. The Morgan fingerprint density at radius 3 is 2.41 bits per heavy atom. The van der Waals surface area contributed by atoms with Gasteiger partial charge in [-0.2, -0.15) is 0 Å². The third-order valence-corrected chi connectivity index (χ3v) is 5.03. The van der Waals surface area contributed by atoms with Crippen LogP contribution in [0.3, 0.4) is 0 Å². The average molecular weight is 326 g/mol. The van der Waals surface area contributed by atoms with E-state index in [0.717, 1.165) is 0 Å². The van der Waals surface area contributed by atoms with Crippen LogP contribution in [0.1, 0.15) is 19.3 Å². The summed E-state index contributed by atoms with van der Waals surface area (Å²) in [5.74, 6) is -1.52. The summed E-state index contributed by atoms with van der Waals surface area (Å²) in [7, 11) is -3.60. The van der Waals surface area contributed by atoms with Crippen molar-refractivity contribution in [2.45, 2.75) is 30.2 Å². The van der Waals surface area contributed by atoms with Gasteiger partial charge in [0.1, 0.15) is 0 Å². The summed E-state index contributed by atoms with van der Waals surface area (Å²) in [5.41, 5.74) is 0. The Morgan fingerprint density at radius 1 is 1.18 bits per heavy atom. The standard InChI is InChI=1S/C14H18N2O5S/c17-13(16-11-8-10(9-11)14(18)19)6-7-15-22(20,21)12-4-2-1-3-5-12/h1-5,10-11,15H,6-9H2,(H,16,17)(H,18,19). The van der Waals surface area contributed by atoms with Crippen LogP contribution in [0.4, 0.5) is 0 Å². The van der Waals surface area contributed by atoms with Crippen molar-refractivity contribution in [1.29, 1.82) is 0 Å². The van der Waals surface area contributed by atoms with Gasteiger partial charge >= 0.3 is 5.97 Å². The predicted molar refractivity (Wildman–Crippen MR) is 78.5 cm³/mol. The van der Waals surface area contributed by atoms with Gasteiger partial charge in [-0.25, -0.2) is 13.1 Å². The highest BCUT2D eigenvalue weighted by Crippen LogP contribution is 2.27. The van der Waals surface area contributed by atoms with E-state index in [2.05, 4.69) is 10.0 Å². The van der Waals surface area contributed by atoms with Crippen LogP contribution < -0.4 is 10.0 Å². The molecule has 0 radical (unpaired) electrons. The summed E-state index contributed by atoms with van der Waals surface area (Å²) < 4.78 is 26.2. The van der Waals surface area contributed by atoms with E-state index in [-0.39, 0.29) is 35.7 Å². The molecule has 1 aromatic rings. The molecule has 22 heavy (non-hydrogen) atoms. The zero-order chi connectivity index (χ0) is 16.2. The lowest BCUT2D eigenvalue weighted by atomic mass is 9.80. The van der Waals surface area contributed by atoms with Gasteiger partial charge in [0, 0.05) is 19.0 Å². The van der Waals surface area contributed by atoms with Crippen molar-refractivity contribution >= 4 is 21.9 Å². The summed E-state index contributed by atoms with van der Waals surface area (Å²) in [5, 5.41) is 11.4. The van der Waals surface area contributed by atoms with Crippen molar-refractivity contribution < 1.29 is 23.1 Å². The van der Waals surface area contributed by atoms with Crippen LogP contribution in [-0.2, 0) is 19.6 Å². The monoisotopic (exact) mass is 326 g/mol. The number of hydrogen-bond donors (Lipinski definition) is 3. The van der Waals surface area contributed by atoms with Crippen molar-refractivity contribution in [3.63, 3.8) is 0 Å². The lowest BCUT2D eigenvalue weighted by Gasteiger charge is -2.32. The molecule has 0 aliphatic heterocycles. The smallest absolute Gasteiger partial charge is 0.306 e. The fourth-order valence-electron chi connectivity index (χ4n) is 2.22. The Hall–Kier alpha value is -1.93. The number of aliphatic carboxylic acids is 1. The summed E-state index contributed by atoms with van der Waals surface area (Å²) in [4.78, 5) is 22.4. The molecule has 1 aliphatic rings. The number of amides is 1. The highest BCUT2D eigenvalue weighted by atomic mass is 32.2. The second kappa shape index (κ2) is 6.89. The molecule has 0 bridgehead atoms. The molecule has 8 heteroatoms. The van der Waals surface area contributed by atoms with Gasteiger partial charge in [0.25, 0.3) is 0 Å². The first-order valence-electron chi connectivity index (χ1n) is 6.95. The molecule has 0 unspecified atom stereocenters. The molecule has 7 nitrogen and oxygen atoms in total. The van der Waals surface area contributed by atoms with Gasteiger partial charge in [0.15, 0.2) is 0 Å². The van der Waals surface area contributed by atoms with Gasteiger partial charge in [0.2, 0.25) is 15.9 Å². The Balaban J connectivity index is 1.71. The number of benzene rings is 1. The molecule has 2 rings (SSSR count). The minimum absolute atomic E-state index is 0.00185. The molecule has 1 amide bonds. The van der Waals surface area contributed by atoms with E-state index >= 15 is 0 Å². The second-order valence-corrected chi connectivity index (χ2v) is 7.00. The Kier molecular flexibility index (Phi) is 5.15. The highest BCUT2D eigenvalue weighted by molar-refractivity contribution is 7.89. The molecule has 1 aliphatic carbocycles. The zero-order valence-corrected chi connectivity index (χ0v) is 12.7. The molecule has 0 spiro atoms. The second-order valence-electron chi connectivity index (χ2n) is 5.23. The number of carboxylic acid groups (broad SMARTS) is 1. The van der Waals surface area contributed by atoms with E-state index in [4.69, 9.17) is 5.11 Å². The molecule has 1 aromatic carbocycles. The fraction of sp³-hybridized carbons (Fsp3) is 0.429. The first-order chi connectivity index (χ1) is 10.4. The van der Waals surface area contributed by atoms with Gasteiger partial charge in [0.05, 0.1) is 10.8 Å². The number of carbonyl (C=O) groups excluding carboxylic acids is 1. The minimum atomic E-state index is -3.60. The number of nitrogens with one attached hydrogen (secondary N) is 2. The summed E-state index contributed by atoms with van der Waals surface area (Å²) in [6.07, 6.45) is 0.869. The Bertz CT molecular complexity index is 638. The largest absolute Gasteiger partial charge is 0.481 e. The van der Waals surface area contributed by atoms with E-state index in [0.29, 0.717) is 12.8 Å². The summed E-state index contributed by atoms with van der Waals surface area (Å²) in [6.45, 7) is -0.00185. The molecule has 1 fully saturated rings. The van der Waals surface area contributed by atoms with Crippen LogP contribution in [0, 0.1) is 5.92 Å². The Morgan fingerprint density at radius 2 is 1.82 bits per heavy atom. The normalized spacial score (nSPS) is 20.9. The highest BCUT2D eigenvalue weighted by Gasteiger charge is 2.35. The first kappa shape index (κ1) is 16.4. The summed E-state index contributed by atoms with van der Waals surface area (Å²) in [6, 6.07) is 7.79. The molecule has 3 N–H and O–H groups in total. The number of carboxylic acids is 1. The maximum Gasteiger partial charge on any atom is 0.306 e.